The lowest BCUT2D eigenvalue weighted by Gasteiger charge is -2.10. The van der Waals surface area contributed by atoms with Crippen LogP contribution >= 0.6 is 11.3 Å². The summed E-state index contributed by atoms with van der Waals surface area (Å²) in [5, 5.41) is 3.08. The molecule has 6 heteroatoms. The smallest absolute Gasteiger partial charge is 0.168 e. The van der Waals surface area contributed by atoms with Crippen molar-refractivity contribution in [1.29, 1.82) is 0 Å². The van der Waals surface area contributed by atoms with Crippen LogP contribution in [0.3, 0.4) is 0 Å². The van der Waals surface area contributed by atoms with E-state index in [0.29, 0.717) is 17.1 Å². The van der Waals surface area contributed by atoms with E-state index < -0.39 is 0 Å². The highest BCUT2D eigenvalue weighted by Crippen LogP contribution is 2.23. The zero-order chi connectivity index (χ0) is 18.7. The first kappa shape index (κ1) is 18.1. The number of hydrogen-bond donors (Lipinski definition) is 2. The van der Waals surface area contributed by atoms with Crippen LogP contribution in [0.1, 0.15) is 31.2 Å². The second-order valence-electron chi connectivity index (χ2n) is 6.14. The van der Waals surface area contributed by atoms with E-state index in [4.69, 9.17) is 5.73 Å². The van der Waals surface area contributed by atoms with Gasteiger partial charge in [0.05, 0.1) is 5.69 Å². The van der Waals surface area contributed by atoms with Crippen LogP contribution in [0.4, 0.5) is 15.9 Å². The van der Waals surface area contributed by atoms with Gasteiger partial charge in [0.15, 0.2) is 5.78 Å². The zero-order valence-corrected chi connectivity index (χ0v) is 15.5. The minimum absolute atomic E-state index is 0.0499. The normalized spacial score (nSPS) is 10.7. The van der Waals surface area contributed by atoms with Crippen molar-refractivity contribution in [2.75, 3.05) is 11.1 Å². The van der Waals surface area contributed by atoms with Crippen LogP contribution < -0.4 is 11.1 Å². The Hall–Kier alpha value is -2.73. The van der Waals surface area contributed by atoms with Gasteiger partial charge in [-0.2, -0.15) is 0 Å². The van der Waals surface area contributed by atoms with Crippen LogP contribution in [-0.4, -0.2) is 10.8 Å². The maximum atomic E-state index is 14.1. The number of carbonyl (C=O) groups is 1. The Balaban J connectivity index is 1.74. The molecular formula is C20H20FN3OS. The largest absolute Gasteiger partial charge is 0.382 e. The number of hydrogen-bond acceptors (Lipinski definition) is 5. The Labute approximate surface area is 155 Å². The summed E-state index contributed by atoms with van der Waals surface area (Å²) in [6, 6.07) is 10.2. The first-order chi connectivity index (χ1) is 12.4. The number of nitrogens with one attached hydrogen (secondary N) is 1. The number of carbonyl (C=O) groups excluding carboxylic acids is 1. The SMILES string of the molecule is Cc1cc(C(=O)Cc2ccc(F)c(CNc3cccnc3N)c2)c(C)s1. The summed E-state index contributed by atoms with van der Waals surface area (Å²) in [5.74, 6) is 0.0927. The molecule has 2 heterocycles. The number of pyridine rings is 1. The van der Waals surface area contributed by atoms with Gasteiger partial charge in [-0.15, -0.1) is 11.3 Å². The third kappa shape index (κ3) is 4.08. The first-order valence-corrected chi connectivity index (χ1v) is 9.07. The number of thiophene rings is 1. The molecule has 2 aromatic heterocycles. The first-order valence-electron chi connectivity index (χ1n) is 8.26. The number of nitrogens with two attached hydrogens (primary N) is 1. The van der Waals surface area contributed by atoms with Gasteiger partial charge in [0.2, 0.25) is 0 Å². The zero-order valence-electron chi connectivity index (χ0n) is 14.7. The summed E-state index contributed by atoms with van der Waals surface area (Å²) < 4.78 is 14.1. The second-order valence-corrected chi connectivity index (χ2v) is 7.60. The Kier molecular flexibility index (Phi) is 5.32. The minimum Gasteiger partial charge on any atom is -0.382 e. The standard InChI is InChI=1S/C20H20FN3OS/c1-12-8-16(13(2)26-12)19(25)10-14-5-6-17(21)15(9-14)11-24-18-4-3-7-23-20(18)22/h3-9,24H,10-11H2,1-2H3,(H2,22,23). The maximum absolute atomic E-state index is 14.1. The van der Waals surface area contributed by atoms with Crippen molar-refractivity contribution in [1.82, 2.24) is 4.98 Å². The molecule has 0 radical (unpaired) electrons. The Morgan fingerprint density at radius 3 is 2.77 bits per heavy atom. The fraction of sp³-hybridized carbons (Fsp3) is 0.200. The molecule has 134 valence electrons. The average molecular weight is 369 g/mol. The van der Waals surface area contributed by atoms with E-state index in [0.717, 1.165) is 20.9 Å². The number of nitrogens with zero attached hydrogens (tertiary/aromatic N) is 1. The Morgan fingerprint density at radius 2 is 2.08 bits per heavy atom. The molecule has 0 fully saturated rings. The summed E-state index contributed by atoms with van der Waals surface area (Å²) >= 11 is 1.61. The molecule has 3 aromatic rings. The molecule has 26 heavy (non-hydrogen) atoms. The van der Waals surface area contributed by atoms with Gasteiger partial charge in [0.1, 0.15) is 11.6 Å². The van der Waals surface area contributed by atoms with Crippen molar-refractivity contribution in [3.05, 3.63) is 74.9 Å². The molecule has 0 spiro atoms. The van der Waals surface area contributed by atoms with Gasteiger partial charge >= 0.3 is 0 Å². The number of aryl methyl sites for hydroxylation is 2. The van der Waals surface area contributed by atoms with E-state index in [-0.39, 0.29) is 24.6 Å². The number of nitrogen functional groups attached to an aromatic ring is 1. The van der Waals surface area contributed by atoms with Gasteiger partial charge in [-0.3, -0.25) is 4.79 Å². The molecule has 1 aromatic carbocycles. The monoisotopic (exact) mass is 369 g/mol. The molecule has 0 unspecified atom stereocenters. The van der Waals surface area contributed by atoms with E-state index >= 15 is 0 Å². The quantitative estimate of drug-likeness (QED) is 0.627. The van der Waals surface area contributed by atoms with Crippen LogP contribution in [-0.2, 0) is 13.0 Å². The van der Waals surface area contributed by atoms with Gasteiger partial charge in [0, 0.05) is 40.0 Å². The number of rotatable bonds is 6. The highest BCUT2D eigenvalue weighted by atomic mass is 32.1. The molecule has 0 saturated carbocycles. The Bertz CT molecular complexity index is 952. The van der Waals surface area contributed by atoms with Crippen LogP contribution in [0.25, 0.3) is 0 Å². The van der Waals surface area contributed by atoms with Crippen LogP contribution in [0.15, 0.2) is 42.6 Å². The topological polar surface area (TPSA) is 68.0 Å². The van der Waals surface area contributed by atoms with Gasteiger partial charge in [-0.1, -0.05) is 12.1 Å². The van der Waals surface area contributed by atoms with E-state index in [1.807, 2.05) is 19.9 Å². The summed E-state index contributed by atoms with van der Waals surface area (Å²) in [4.78, 5) is 18.7. The average Bonchev–Trinajstić information content (AvgIpc) is 2.95. The van der Waals surface area contributed by atoms with E-state index in [1.54, 1.807) is 41.8 Å². The van der Waals surface area contributed by atoms with Gasteiger partial charge in [-0.25, -0.2) is 9.37 Å². The van der Waals surface area contributed by atoms with E-state index in [1.165, 1.54) is 6.07 Å². The summed E-state index contributed by atoms with van der Waals surface area (Å²) in [6.07, 6.45) is 1.85. The third-order valence-corrected chi connectivity index (χ3v) is 5.09. The highest BCUT2D eigenvalue weighted by Gasteiger charge is 2.14. The fourth-order valence-electron chi connectivity index (χ4n) is 2.82. The number of aromatic nitrogens is 1. The molecule has 0 aliphatic rings. The molecule has 0 bridgehead atoms. The molecule has 0 amide bonds. The van der Waals surface area contributed by atoms with Crippen LogP contribution in [0.2, 0.25) is 0 Å². The fourth-order valence-corrected chi connectivity index (χ4v) is 3.76. The maximum Gasteiger partial charge on any atom is 0.168 e. The number of benzene rings is 1. The number of halogens is 1. The predicted molar refractivity (Wildman–Crippen MR) is 104 cm³/mol. The van der Waals surface area contributed by atoms with Gasteiger partial charge in [0.25, 0.3) is 0 Å². The molecule has 3 N–H and O–H groups in total. The summed E-state index contributed by atoms with van der Waals surface area (Å²) in [6.45, 7) is 4.20. The Morgan fingerprint density at radius 1 is 1.27 bits per heavy atom. The summed E-state index contributed by atoms with van der Waals surface area (Å²) in [7, 11) is 0. The van der Waals surface area contributed by atoms with Crippen molar-refractivity contribution in [3.8, 4) is 0 Å². The molecule has 0 saturated heterocycles. The van der Waals surface area contributed by atoms with Crippen molar-refractivity contribution >= 4 is 28.6 Å². The summed E-state index contributed by atoms with van der Waals surface area (Å²) in [5.41, 5.74) is 8.46. The molecular weight excluding hydrogens is 349 g/mol. The molecule has 0 aliphatic heterocycles. The van der Waals surface area contributed by atoms with Crippen molar-refractivity contribution < 1.29 is 9.18 Å². The van der Waals surface area contributed by atoms with Gasteiger partial charge < -0.3 is 11.1 Å². The number of ketones is 1. The lowest BCUT2D eigenvalue weighted by atomic mass is 10.0. The lowest BCUT2D eigenvalue weighted by molar-refractivity contribution is 0.0993. The third-order valence-electron chi connectivity index (χ3n) is 4.12. The second kappa shape index (κ2) is 7.66. The predicted octanol–water partition coefficient (Wildman–Crippen LogP) is 4.52. The molecule has 4 nitrogen and oxygen atoms in total. The van der Waals surface area contributed by atoms with Crippen molar-refractivity contribution in [2.24, 2.45) is 0 Å². The lowest BCUT2D eigenvalue weighted by Crippen LogP contribution is -2.08. The van der Waals surface area contributed by atoms with Crippen LogP contribution in [0.5, 0.6) is 0 Å². The number of anilines is 2. The molecule has 0 aliphatic carbocycles. The van der Waals surface area contributed by atoms with E-state index in [2.05, 4.69) is 10.3 Å². The number of Topliss-reactive ketones (excluding diaryl/α,β-unsaturated/α-hetero) is 1. The van der Waals surface area contributed by atoms with Crippen LogP contribution in [0, 0.1) is 19.7 Å². The highest BCUT2D eigenvalue weighted by molar-refractivity contribution is 7.12. The van der Waals surface area contributed by atoms with Crippen molar-refractivity contribution in [3.63, 3.8) is 0 Å². The van der Waals surface area contributed by atoms with Crippen molar-refractivity contribution in [2.45, 2.75) is 26.8 Å². The van der Waals surface area contributed by atoms with Gasteiger partial charge in [-0.05, 0) is 43.7 Å². The molecule has 3 rings (SSSR count). The van der Waals surface area contributed by atoms with E-state index in [9.17, 15) is 9.18 Å². The molecule has 0 atom stereocenters. The minimum atomic E-state index is -0.321.